The van der Waals surface area contributed by atoms with Crippen LogP contribution in [0.3, 0.4) is 0 Å². The molecule has 2 atom stereocenters. The van der Waals surface area contributed by atoms with E-state index >= 15 is 0 Å². The van der Waals surface area contributed by atoms with Crippen LogP contribution in [0.1, 0.15) is 29.4 Å². The quantitative estimate of drug-likeness (QED) is 0.752. The van der Waals surface area contributed by atoms with E-state index in [2.05, 4.69) is 28.5 Å². The van der Waals surface area contributed by atoms with Gasteiger partial charge in [0.2, 0.25) is 5.91 Å². The van der Waals surface area contributed by atoms with Gasteiger partial charge in [0.25, 0.3) is 0 Å². The van der Waals surface area contributed by atoms with Gasteiger partial charge in [-0.05, 0) is 30.4 Å². The maximum absolute atomic E-state index is 12.6. The highest BCUT2D eigenvalue weighted by molar-refractivity contribution is 7.10. The smallest absolute Gasteiger partial charge is 0.243 e. The molecular weight excluding hydrogens is 306 g/mol. The summed E-state index contributed by atoms with van der Waals surface area (Å²) >= 11 is 1.67. The van der Waals surface area contributed by atoms with E-state index in [1.807, 2.05) is 47.3 Å². The first-order valence-corrected chi connectivity index (χ1v) is 8.47. The Labute approximate surface area is 139 Å². The first-order valence-electron chi connectivity index (χ1n) is 7.59. The van der Waals surface area contributed by atoms with Gasteiger partial charge in [-0.2, -0.15) is 0 Å². The standard InChI is InChI=1S/C18H19N3OS/c1-14(21-10-9-19-13-21)18(22)20-16(17-8-5-11-23-17)12-15-6-3-2-4-7-15/h2-11,13-14,16H,12H2,1H3,(H,20,22)/t14-,16+/m0/s1. The number of hydrogen-bond donors (Lipinski definition) is 1. The number of benzene rings is 1. The van der Waals surface area contributed by atoms with Crippen LogP contribution in [0.5, 0.6) is 0 Å². The highest BCUT2D eigenvalue weighted by Gasteiger charge is 2.20. The van der Waals surface area contributed by atoms with Gasteiger partial charge in [0, 0.05) is 17.3 Å². The van der Waals surface area contributed by atoms with Crippen molar-refractivity contribution in [3.63, 3.8) is 0 Å². The number of nitrogens with one attached hydrogen (secondary N) is 1. The summed E-state index contributed by atoms with van der Waals surface area (Å²) < 4.78 is 1.81. The van der Waals surface area contributed by atoms with E-state index in [-0.39, 0.29) is 18.0 Å². The number of rotatable bonds is 6. The molecule has 0 fully saturated rings. The molecule has 2 heterocycles. The Hall–Kier alpha value is -2.40. The summed E-state index contributed by atoms with van der Waals surface area (Å²) in [7, 11) is 0. The minimum Gasteiger partial charge on any atom is -0.346 e. The summed E-state index contributed by atoms with van der Waals surface area (Å²) in [5.41, 5.74) is 1.21. The molecule has 1 N–H and O–H groups in total. The number of carbonyl (C=O) groups excluding carboxylic acids is 1. The number of hydrogen-bond acceptors (Lipinski definition) is 3. The van der Waals surface area contributed by atoms with Gasteiger partial charge in [-0.15, -0.1) is 11.3 Å². The van der Waals surface area contributed by atoms with Crippen LogP contribution in [0.15, 0.2) is 66.6 Å². The van der Waals surface area contributed by atoms with Crippen molar-refractivity contribution in [1.82, 2.24) is 14.9 Å². The minimum atomic E-state index is -0.282. The van der Waals surface area contributed by atoms with Crippen molar-refractivity contribution in [3.8, 4) is 0 Å². The molecule has 23 heavy (non-hydrogen) atoms. The summed E-state index contributed by atoms with van der Waals surface area (Å²) in [6, 6.07) is 14.0. The molecule has 118 valence electrons. The van der Waals surface area contributed by atoms with Crippen LogP contribution >= 0.6 is 11.3 Å². The molecular formula is C18H19N3OS. The number of amides is 1. The molecule has 0 saturated carbocycles. The zero-order chi connectivity index (χ0) is 16.1. The Kier molecular flexibility index (Phi) is 4.88. The zero-order valence-electron chi connectivity index (χ0n) is 12.9. The summed E-state index contributed by atoms with van der Waals surface area (Å²) in [6.45, 7) is 1.88. The fraction of sp³-hybridized carbons (Fsp3) is 0.222. The van der Waals surface area contributed by atoms with E-state index in [0.29, 0.717) is 0 Å². The van der Waals surface area contributed by atoms with Crippen molar-refractivity contribution in [1.29, 1.82) is 0 Å². The van der Waals surface area contributed by atoms with Crippen molar-refractivity contribution in [2.24, 2.45) is 0 Å². The number of imidazole rings is 1. The third-order valence-corrected chi connectivity index (χ3v) is 4.82. The summed E-state index contributed by atoms with van der Waals surface area (Å²) in [5, 5.41) is 5.22. The normalized spacial score (nSPS) is 13.4. The molecule has 0 saturated heterocycles. The van der Waals surface area contributed by atoms with Crippen LogP contribution < -0.4 is 5.32 Å². The van der Waals surface area contributed by atoms with Gasteiger partial charge in [0.05, 0.1) is 12.4 Å². The third-order valence-electron chi connectivity index (χ3n) is 3.84. The van der Waals surface area contributed by atoms with Crippen molar-refractivity contribution < 1.29 is 4.79 Å². The second-order valence-corrected chi connectivity index (χ2v) is 6.43. The fourth-order valence-corrected chi connectivity index (χ4v) is 3.27. The van der Waals surface area contributed by atoms with Gasteiger partial charge < -0.3 is 9.88 Å². The average molecular weight is 325 g/mol. The van der Waals surface area contributed by atoms with Crippen LogP contribution in [-0.4, -0.2) is 15.5 Å². The molecule has 0 unspecified atom stereocenters. The molecule has 5 heteroatoms. The van der Waals surface area contributed by atoms with Crippen molar-refractivity contribution >= 4 is 17.2 Å². The Morgan fingerprint density at radius 2 is 2.09 bits per heavy atom. The van der Waals surface area contributed by atoms with E-state index in [4.69, 9.17) is 0 Å². The predicted molar refractivity (Wildman–Crippen MR) is 92.3 cm³/mol. The van der Waals surface area contributed by atoms with Gasteiger partial charge in [0.15, 0.2) is 0 Å². The summed E-state index contributed by atoms with van der Waals surface area (Å²) in [6.07, 6.45) is 5.94. The van der Waals surface area contributed by atoms with Crippen molar-refractivity contribution in [2.45, 2.75) is 25.4 Å². The lowest BCUT2D eigenvalue weighted by molar-refractivity contribution is -0.124. The molecule has 4 nitrogen and oxygen atoms in total. The molecule has 0 radical (unpaired) electrons. The van der Waals surface area contributed by atoms with Crippen LogP contribution in [-0.2, 0) is 11.2 Å². The number of carbonyl (C=O) groups is 1. The number of aromatic nitrogens is 2. The monoisotopic (exact) mass is 325 g/mol. The largest absolute Gasteiger partial charge is 0.346 e. The van der Waals surface area contributed by atoms with Crippen molar-refractivity contribution in [2.75, 3.05) is 0 Å². The predicted octanol–water partition coefficient (Wildman–Crippen LogP) is 3.61. The van der Waals surface area contributed by atoms with Gasteiger partial charge >= 0.3 is 0 Å². The fourth-order valence-electron chi connectivity index (χ4n) is 2.49. The lowest BCUT2D eigenvalue weighted by Gasteiger charge is -2.21. The molecule has 3 rings (SSSR count). The molecule has 1 amide bonds. The Morgan fingerprint density at radius 3 is 2.74 bits per heavy atom. The molecule has 0 aliphatic heterocycles. The zero-order valence-corrected chi connectivity index (χ0v) is 13.7. The van der Waals surface area contributed by atoms with E-state index in [0.717, 1.165) is 6.42 Å². The molecule has 0 aliphatic carbocycles. The molecule has 0 aliphatic rings. The van der Waals surface area contributed by atoms with E-state index in [9.17, 15) is 4.79 Å². The van der Waals surface area contributed by atoms with Crippen molar-refractivity contribution in [3.05, 3.63) is 77.0 Å². The van der Waals surface area contributed by atoms with Crippen LogP contribution in [0, 0.1) is 0 Å². The Balaban J connectivity index is 1.75. The van der Waals surface area contributed by atoms with E-state index in [1.54, 1.807) is 23.9 Å². The molecule has 1 aromatic carbocycles. The number of thiophene rings is 1. The highest BCUT2D eigenvalue weighted by Crippen LogP contribution is 2.23. The van der Waals surface area contributed by atoms with Crippen LogP contribution in [0.2, 0.25) is 0 Å². The van der Waals surface area contributed by atoms with Gasteiger partial charge in [0.1, 0.15) is 6.04 Å². The van der Waals surface area contributed by atoms with Crippen LogP contribution in [0.4, 0.5) is 0 Å². The average Bonchev–Trinajstić information content (AvgIpc) is 3.28. The summed E-state index contributed by atoms with van der Waals surface area (Å²) in [5.74, 6) is -0.00247. The van der Waals surface area contributed by atoms with E-state index < -0.39 is 0 Å². The summed E-state index contributed by atoms with van der Waals surface area (Å²) in [4.78, 5) is 17.8. The molecule has 0 spiro atoms. The maximum atomic E-state index is 12.6. The topological polar surface area (TPSA) is 46.9 Å². The lowest BCUT2D eigenvalue weighted by Crippen LogP contribution is -2.34. The molecule has 0 bridgehead atoms. The minimum absolute atomic E-state index is 0.00247. The second kappa shape index (κ2) is 7.24. The highest BCUT2D eigenvalue weighted by atomic mass is 32.1. The second-order valence-electron chi connectivity index (χ2n) is 5.45. The first-order chi connectivity index (χ1) is 11.2. The first kappa shape index (κ1) is 15.5. The molecule has 3 aromatic rings. The van der Waals surface area contributed by atoms with Gasteiger partial charge in [-0.3, -0.25) is 4.79 Å². The van der Waals surface area contributed by atoms with Crippen LogP contribution in [0.25, 0.3) is 0 Å². The van der Waals surface area contributed by atoms with Gasteiger partial charge in [-0.25, -0.2) is 4.98 Å². The Bertz CT molecular complexity index is 723. The maximum Gasteiger partial charge on any atom is 0.243 e. The number of nitrogens with zero attached hydrogens (tertiary/aromatic N) is 2. The Morgan fingerprint density at radius 1 is 1.26 bits per heavy atom. The third kappa shape index (κ3) is 3.87. The lowest BCUT2D eigenvalue weighted by atomic mass is 10.0. The van der Waals surface area contributed by atoms with E-state index in [1.165, 1.54) is 10.4 Å². The molecule has 2 aromatic heterocycles. The SMILES string of the molecule is C[C@@H](C(=O)N[C@H](Cc1ccccc1)c1cccs1)n1ccnc1. The van der Waals surface area contributed by atoms with Gasteiger partial charge in [-0.1, -0.05) is 36.4 Å².